The van der Waals surface area contributed by atoms with Gasteiger partial charge in [0.15, 0.2) is 0 Å². The zero-order valence-electron chi connectivity index (χ0n) is 13.7. The van der Waals surface area contributed by atoms with Crippen LogP contribution in [0.1, 0.15) is 18.9 Å². The SMILES string of the molecule is CC(C(=O)N1CCC(COCc2ccccc2)C1)C1CNC1.Cl. The van der Waals surface area contributed by atoms with E-state index in [0.717, 1.165) is 39.2 Å². The van der Waals surface area contributed by atoms with Crippen LogP contribution in [0.5, 0.6) is 0 Å². The van der Waals surface area contributed by atoms with E-state index in [4.69, 9.17) is 4.74 Å². The van der Waals surface area contributed by atoms with E-state index in [1.807, 2.05) is 23.1 Å². The summed E-state index contributed by atoms with van der Waals surface area (Å²) in [6.45, 7) is 7.22. The van der Waals surface area contributed by atoms with Crippen molar-refractivity contribution in [1.82, 2.24) is 10.2 Å². The van der Waals surface area contributed by atoms with Crippen molar-refractivity contribution in [2.45, 2.75) is 20.0 Å². The minimum Gasteiger partial charge on any atom is -0.376 e. The van der Waals surface area contributed by atoms with E-state index >= 15 is 0 Å². The molecule has 1 aromatic carbocycles. The molecule has 4 nitrogen and oxygen atoms in total. The van der Waals surface area contributed by atoms with E-state index in [1.54, 1.807) is 0 Å². The second kappa shape index (κ2) is 8.67. The molecule has 2 aliphatic heterocycles. The summed E-state index contributed by atoms with van der Waals surface area (Å²) in [6.07, 6.45) is 1.07. The first kappa shape index (κ1) is 18.2. The molecule has 2 aliphatic rings. The fourth-order valence-corrected chi connectivity index (χ4v) is 3.24. The minimum absolute atomic E-state index is 0. The highest BCUT2D eigenvalue weighted by Gasteiger charge is 2.34. The molecule has 0 radical (unpaired) electrons. The van der Waals surface area contributed by atoms with Gasteiger partial charge in [-0.25, -0.2) is 0 Å². The van der Waals surface area contributed by atoms with Gasteiger partial charge in [-0.15, -0.1) is 12.4 Å². The largest absolute Gasteiger partial charge is 0.376 e. The molecule has 2 fully saturated rings. The summed E-state index contributed by atoms with van der Waals surface area (Å²) in [6, 6.07) is 10.2. The van der Waals surface area contributed by atoms with Crippen molar-refractivity contribution in [3.63, 3.8) is 0 Å². The molecule has 1 aromatic rings. The van der Waals surface area contributed by atoms with Crippen molar-refractivity contribution in [3.8, 4) is 0 Å². The van der Waals surface area contributed by atoms with Crippen molar-refractivity contribution >= 4 is 18.3 Å². The van der Waals surface area contributed by atoms with E-state index in [9.17, 15) is 4.79 Å². The first-order valence-electron chi connectivity index (χ1n) is 8.35. The number of carbonyl (C=O) groups is 1. The van der Waals surface area contributed by atoms with Gasteiger partial charge in [-0.2, -0.15) is 0 Å². The zero-order valence-corrected chi connectivity index (χ0v) is 14.6. The van der Waals surface area contributed by atoms with Crippen LogP contribution < -0.4 is 5.32 Å². The number of amides is 1. The average Bonchev–Trinajstić information content (AvgIpc) is 2.94. The van der Waals surface area contributed by atoms with Crippen LogP contribution in [0.3, 0.4) is 0 Å². The standard InChI is InChI=1S/C18H26N2O2.ClH/c1-14(17-9-19-10-17)18(21)20-8-7-16(11-20)13-22-12-15-5-3-2-4-6-15;/h2-6,14,16-17,19H,7-13H2,1H3;1H. The third-order valence-electron chi connectivity index (χ3n) is 4.97. The van der Waals surface area contributed by atoms with Crippen molar-refractivity contribution in [1.29, 1.82) is 0 Å². The third-order valence-corrected chi connectivity index (χ3v) is 4.97. The van der Waals surface area contributed by atoms with Gasteiger partial charge in [-0.1, -0.05) is 37.3 Å². The van der Waals surface area contributed by atoms with Crippen molar-refractivity contribution in [2.24, 2.45) is 17.8 Å². The van der Waals surface area contributed by atoms with Gasteiger partial charge in [0.25, 0.3) is 0 Å². The molecule has 128 valence electrons. The van der Waals surface area contributed by atoms with Crippen LogP contribution in [-0.2, 0) is 16.1 Å². The maximum atomic E-state index is 12.5. The number of rotatable bonds is 6. The van der Waals surface area contributed by atoms with Crippen molar-refractivity contribution in [3.05, 3.63) is 35.9 Å². The molecule has 1 amide bonds. The molecule has 1 N–H and O–H groups in total. The molecule has 0 spiro atoms. The number of likely N-dealkylation sites (tertiary alicyclic amines) is 1. The van der Waals surface area contributed by atoms with Crippen LogP contribution in [0.4, 0.5) is 0 Å². The van der Waals surface area contributed by atoms with E-state index < -0.39 is 0 Å². The van der Waals surface area contributed by atoms with Gasteiger partial charge in [0.2, 0.25) is 5.91 Å². The van der Waals surface area contributed by atoms with Gasteiger partial charge in [0, 0.05) is 24.9 Å². The lowest BCUT2D eigenvalue weighted by Gasteiger charge is -2.34. The number of carbonyl (C=O) groups excluding carboxylic acids is 1. The average molecular weight is 339 g/mol. The van der Waals surface area contributed by atoms with Crippen LogP contribution in [-0.4, -0.2) is 43.6 Å². The second-order valence-electron chi connectivity index (χ2n) is 6.65. The molecule has 3 rings (SSSR count). The lowest BCUT2D eigenvalue weighted by atomic mass is 9.88. The Morgan fingerprint density at radius 2 is 2.09 bits per heavy atom. The molecule has 0 aromatic heterocycles. The summed E-state index contributed by atoms with van der Waals surface area (Å²) in [5.41, 5.74) is 1.21. The molecule has 23 heavy (non-hydrogen) atoms. The van der Waals surface area contributed by atoms with Gasteiger partial charge >= 0.3 is 0 Å². The Bertz CT molecular complexity index is 493. The monoisotopic (exact) mass is 338 g/mol. The van der Waals surface area contributed by atoms with E-state index in [2.05, 4.69) is 24.4 Å². The minimum atomic E-state index is 0. The highest BCUT2D eigenvalue weighted by molar-refractivity contribution is 5.85. The number of nitrogens with one attached hydrogen (secondary N) is 1. The van der Waals surface area contributed by atoms with Crippen molar-refractivity contribution < 1.29 is 9.53 Å². The van der Waals surface area contributed by atoms with Crippen LogP contribution >= 0.6 is 12.4 Å². The first-order chi connectivity index (χ1) is 10.7. The topological polar surface area (TPSA) is 41.6 Å². The molecular weight excluding hydrogens is 312 g/mol. The molecule has 0 bridgehead atoms. The number of hydrogen-bond donors (Lipinski definition) is 1. The summed E-state index contributed by atoms with van der Waals surface area (Å²) >= 11 is 0. The molecular formula is C18H27ClN2O2. The summed E-state index contributed by atoms with van der Waals surface area (Å²) in [4.78, 5) is 14.5. The Balaban J connectivity index is 0.00000192. The zero-order chi connectivity index (χ0) is 15.4. The van der Waals surface area contributed by atoms with Crippen molar-refractivity contribution in [2.75, 3.05) is 32.8 Å². The maximum Gasteiger partial charge on any atom is 0.225 e. The Kier molecular flexibility index (Phi) is 6.88. The number of halogens is 1. The molecule has 0 saturated carbocycles. The third kappa shape index (κ3) is 4.69. The van der Waals surface area contributed by atoms with E-state index in [0.29, 0.717) is 24.3 Å². The van der Waals surface area contributed by atoms with Crippen LogP contribution in [0.15, 0.2) is 30.3 Å². The predicted molar refractivity (Wildman–Crippen MR) is 93.6 cm³/mol. The van der Waals surface area contributed by atoms with Gasteiger partial charge in [-0.3, -0.25) is 4.79 Å². The van der Waals surface area contributed by atoms with Crippen LogP contribution in [0, 0.1) is 17.8 Å². The molecule has 2 atom stereocenters. The highest BCUT2D eigenvalue weighted by atomic mass is 35.5. The van der Waals surface area contributed by atoms with E-state index in [1.165, 1.54) is 5.56 Å². The smallest absolute Gasteiger partial charge is 0.225 e. The molecule has 0 aliphatic carbocycles. The number of hydrogen-bond acceptors (Lipinski definition) is 3. The Morgan fingerprint density at radius 1 is 1.35 bits per heavy atom. The fraction of sp³-hybridized carbons (Fsp3) is 0.611. The number of benzene rings is 1. The number of nitrogens with zero attached hydrogens (tertiary/aromatic N) is 1. The molecule has 2 unspecified atom stereocenters. The van der Waals surface area contributed by atoms with Gasteiger partial charge in [0.1, 0.15) is 0 Å². The van der Waals surface area contributed by atoms with Gasteiger partial charge in [-0.05, 0) is 31.0 Å². The second-order valence-corrected chi connectivity index (χ2v) is 6.65. The fourth-order valence-electron chi connectivity index (χ4n) is 3.24. The Hall–Kier alpha value is -1.10. The summed E-state index contributed by atoms with van der Waals surface area (Å²) < 4.78 is 5.82. The van der Waals surface area contributed by atoms with Gasteiger partial charge in [0.05, 0.1) is 13.2 Å². The normalized spacial score (nSPS) is 22.3. The Labute approximate surface area is 145 Å². The lowest BCUT2D eigenvalue weighted by Crippen LogP contribution is -2.50. The Morgan fingerprint density at radius 3 is 2.74 bits per heavy atom. The lowest BCUT2D eigenvalue weighted by molar-refractivity contribution is -0.136. The summed E-state index contributed by atoms with van der Waals surface area (Å²) in [5.74, 6) is 1.50. The molecule has 5 heteroatoms. The van der Waals surface area contributed by atoms with Crippen LogP contribution in [0.2, 0.25) is 0 Å². The maximum absolute atomic E-state index is 12.5. The summed E-state index contributed by atoms with van der Waals surface area (Å²) in [5, 5.41) is 3.25. The van der Waals surface area contributed by atoms with E-state index in [-0.39, 0.29) is 18.3 Å². The highest BCUT2D eigenvalue weighted by Crippen LogP contribution is 2.23. The van der Waals surface area contributed by atoms with Crippen LogP contribution in [0.25, 0.3) is 0 Å². The molecule has 2 saturated heterocycles. The molecule has 2 heterocycles. The summed E-state index contributed by atoms with van der Waals surface area (Å²) in [7, 11) is 0. The first-order valence-corrected chi connectivity index (χ1v) is 8.35. The quantitative estimate of drug-likeness (QED) is 0.865. The van der Waals surface area contributed by atoms with Gasteiger partial charge < -0.3 is 15.0 Å². The predicted octanol–water partition coefficient (Wildman–Crippen LogP) is 2.33. The number of ether oxygens (including phenoxy) is 1.